The van der Waals surface area contributed by atoms with Crippen molar-refractivity contribution in [3.05, 3.63) is 36.5 Å². The van der Waals surface area contributed by atoms with Crippen LogP contribution < -0.4 is 5.32 Å². The van der Waals surface area contributed by atoms with Gasteiger partial charge in [0.2, 0.25) is 0 Å². The van der Waals surface area contributed by atoms with E-state index in [4.69, 9.17) is 0 Å². The summed E-state index contributed by atoms with van der Waals surface area (Å²) in [5.74, 6) is 0.870. The minimum absolute atomic E-state index is 0.652. The lowest BCUT2D eigenvalue weighted by atomic mass is 10.1. The van der Waals surface area contributed by atoms with Crippen LogP contribution in [0.3, 0.4) is 0 Å². The summed E-state index contributed by atoms with van der Waals surface area (Å²) in [5.41, 5.74) is 2.29. The summed E-state index contributed by atoms with van der Waals surface area (Å²) in [4.78, 5) is 4.34. The molecule has 1 aliphatic rings. The number of benzene rings is 1. The van der Waals surface area contributed by atoms with Gasteiger partial charge in [0.15, 0.2) is 0 Å². The Hall–Kier alpha value is -1.57. The number of nitrogens with one attached hydrogen (secondary N) is 1. The first-order chi connectivity index (χ1) is 8.31. The van der Waals surface area contributed by atoms with Crippen molar-refractivity contribution in [2.45, 2.75) is 32.2 Å². The van der Waals surface area contributed by atoms with Crippen LogP contribution in [-0.2, 0) is 0 Å². The van der Waals surface area contributed by atoms with E-state index in [0.717, 1.165) is 11.4 Å². The van der Waals surface area contributed by atoms with Gasteiger partial charge in [-0.1, -0.05) is 13.0 Å². The zero-order chi connectivity index (χ0) is 11.7. The van der Waals surface area contributed by atoms with Gasteiger partial charge in [0.1, 0.15) is 0 Å². The summed E-state index contributed by atoms with van der Waals surface area (Å²) < 4.78 is 0. The molecule has 0 aliphatic heterocycles. The lowest BCUT2D eigenvalue weighted by molar-refractivity contribution is 0.602. The van der Waals surface area contributed by atoms with E-state index in [1.54, 1.807) is 0 Å². The zero-order valence-corrected chi connectivity index (χ0v) is 10.2. The molecule has 0 saturated heterocycles. The highest BCUT2D eigenvalue weighted by molar-refractivity contribution is 5.82. The Bertz CT molecular complexity index is 521. The Morgan fingerprint density at radius 2 is 2.18 bits per heavy atom. The third-order valence-corrected chi connectivity index (χ3v) is 3.67. The SMILES string of the molecule is CC1CCC(Nc2ccc3ncccc3c2)C1. The second-order valence-electron chi connectivity index (χ2n) is 5.17. The number of fused-ring (bicyclic) bond motifs is 1. The molecule has 0 spiro atoms. The third-order valence-electron chi connectivity index (χ3n) is 3.67. The van der Waals surface area contributed by atoms with Crippen molar-refractivity contribution in [3.8, 4) is 0 Å². The highest BCUT2D eigenvalue weighted by Crippen LogP contribution is 2.28. The molecule has 0 amide bonds. The van der Waals surface area contributed by atoms with Gasteiger partial charge in [-0.25, -0.2) is 0 Å². The molecule has 1 heterocycles. The molecule has 1 fully saturated rings. The highest BCUT2D eigenvalue weighted by atomic mass is 14.9. The molecule has 1 aromatic carbocycles. The molecule has 2 atom stereocenters. The average molecular weight is 226 g/mol. The number of aromatic nitrogens is 1. The Morgan fingerprint density at radius 3 is 3.00 bits per heavy atom. The number of pyridine rings is 1. The van der Waals surface area contributed by atoms with Crippen molar-refractivity contribution in [1.29, 1.82) is 0 Å². The van der Waals surface area contributed by atoms with Crippen LogP contribution in [0.25, 0.3) is 10.9 Å². The van der Waals surface area contributed by atoms with Crippen molar-refractivity contribution in [2.24, 2.45) is 5.92 Å². The molecular formula is C15H18N2. The molecule has 2 aromatic rings. The zero-order valence-electron chi connectivity index (χ0n) is 10.2. The number of hydrogen-bond donors (Lipinski definition) is 1. The molecule has 0 radical (unpaired) electrons. The molecule has 3 rings (SSSR count). The smallest absolute Gasteiger partial charge is 0.0703 e. The van der Waals surface area contributed by atoms with E-state index in [9.17, 15) is 0 Å². The molecular weight excluding hydrogens is 208 g/mol. The van der Waals surface area contributed by atoms with E-state index < -0.39 is 0 Å². The van der Waals surface area contributed by atoms with Gasteiger partial charge in [-0.3, -0.25) is 4.98 Å². The van der Waals surface area contributed by atoms with E-state index in [2.05, 4.69) is 41.5 Å². The van der Waals surface area contributed by atoms with Crippen molar-refractivity contribution in [2.75, 3.05) is 5.32 Å². The first-order valence-corrected chi connectivity index (χ1v) is 6.42. The minimum Gasteiger partial charge on any atom is -0.382 e. The van der Waals surface area contributed by atoms with Crippen molar-refractivity contribution in [3.63, 3.8) is 0 Å². The Labute approximate surface area is 102 Å². The van der Waals surface area contributed by atoms with Crippen molar-refractivity contribution < 1.29 is 0 Å². The van der Waals surface area contributed by atoms with Crippen LogP contribution in [0.1, 0.15) is 26.2 Å². The molecule has 2 unspecified atom stereocenters. The maximum atomic E-state index is 4.34. The second kappa shape index (κ2) is 4.36. The monoisotopic (exact) mass is 226 g/mol. The Kier molecular flexibility index (Phi) is 2.71. The summed E-state index contributed by atoms with van der Waals surface area (Å²) in [7, 11) is 0. The molecule has 1 saturated carbocycles. The van der Waals surface area contributed by atoms with Crippen LogP contribution in [-0.4, -0.2) is 11.0 Å². The van der Waals surface area contributed by atoms with Gasteiger partial charge in [-0.15, -0.1) is 0 Å². The Morgan fingerprint density at radius 1 is 1.24 bits per heavy atom. The number of anilines is 1. The van der Waals surface area contributed by atoms with E-state index in [1.807, 2.05) is 12.3 Å². The van der Waals surface area contributed by atoms with E-state index in [-0.39, 0.29) is 0 Å². The van der Waals surface area contributed by atoms with E-state index in [1.165, 1.54) is 30.3 Å². The molecule has 1 aromatic heterocycles. The fourth-order valence-electron chi connectivity index (χ4n) is 2.74. The van der Waals surface area contributed by atoms with Gasteiger partial charge in [0.05, 0.1) is 5.52 Å². The normalized spacial score (nSPS) is 24.1. The lowest BCUT2D eigenvalue weighted by Crippen LogP contribution is -2.15. The first-order valence-electron chi connectivity index (χ1n) is 6.42. The first kappa shape index (κ1) is 10.6. The van der Waals surface area contributed by atoms with Crippen LogP contribution in [0.15, 0.2) is 36.5 Å². The molecule has 1 aliphatic carbocycles. The van der Waals surface area contributed by atoms with Gasteiger partial charge in [-0.2, -0.15) is 0 Å². The van der Waals surface area contributed by atoms with Crippen LogP contribution in [0.4, 0.5) is 5.69 Å². The van der Waals surface area contributed by atoms with Crippen LogP contribution >= 0.6 is 0 Å². The predicted octanol–water partition coefficient (Wildman–Crippen LogP) is 3.84. The molecule has 17 heavy (non-hydrogen) atoms. The van der Waals surface area contributed by atoms with Gasteiger partial charge < -0.3 is 5.32 Å². The van der Waals surface area contributed by atoms with Crippen molar-refractivity contribution in [1.82, 2.24) is 4.98 Å². The maximum absolute atomic E-state index is 4.34. The van der Waals surface area contributed by atoms with Crippen LogP contribution in [0.2, 0.25) is 0 Å². The predicted molar refractivity (Wildman–Crippen MR) is 72.2 cm³/mol. The summed E-state index contributed by atoms with van der Waals surface area (Å²) in [6.45, 7) is 2.34. The van der Waals surface area contributed by atoms with Gasteiger partial charge in [0, 0.05) is 23.3 Å². The lowest BCUT2D eigenvalue weighted by Gasteiger charge is -2.14. The van der Waals surface area contributed by atoms with Crippen molar-refractivity contribution >= 4 is 16.6 Å². The number of nitrogens with zero attached hydrogens (tertiary/aromatic N) is 1. The van der Waals surface area contributed by atoms with Gasteiger partial charge in [-0.05, 0) is 49.4 Å². The largest absolute Gasteiger partial charge is 0.382 e. The number of hydrogen-bond acceptors (Lipinski definition) is 2. The highest BCUT2D eigenvalue weighted by Gasteiger charge is 2.20. The summed E-state index contributed by atoms with van der Waals surface area (Å²) in [6.07, 6.45) is 5.79. The summed E-state index contributed by atoms with van der Waals surface area (Å²) >= 11 is 0. The molecule has 2 heteroatoms. The second-order valence-corrected chi connectivity index (χ2v) is 5.17. The fourth-order valence-corrected chi connectivity index (χ4v) is 2.74. The van der Waals surface area contributed by atoms with Crippen LogP contribution in [0, 0.1) is 5.92 Å². The van der Waals surface area contributed by atoms with Gasteiger partial charge in [0.25, 0.3) is 0 Å². The average Bonchev–Trinajstić information content (AvgIpc) is 2.75. The van der Waals surface area contributed by atoms with Crippen LogP contribution in [0.5, 0.6) is 0 Å². The summed E-state index contributed by atoms with van der Waals surface area (Å²) in [5, 5.41) is 4.85. The standard InChI is InChI=1S/C15H18N2/c1-11-4-5-13(9-11)17-14-6-7-15-12(10-14)3-2-8-16-15/h2-3,6-8,10-11,13,17H,4-5,9H2,1H3. The van der Waals surface area contributed by atoms with Gasteiger partial charge >= 0.3 is 0 Å². The maximum Gasteiger partial charge on any atom is 0.0703 e. The number of rotatable bonds is 2. The van der Waals surface area contributed by atoms with E-state index in [0.29, 0.717) is 6.04 Å². The van der Waals surface area contributed by atoms with E-state index >= 15 is 0 Å². The molecule has 1 N–H and O–H groups in total. The molecule has 88 valence electrons. The molecule has 2 nitrogen and oxygen atoms in total. The molecule has 0 bridgehead atoms. The third kappa shape index (κ3) is 2.26. The fraction of sp³-hybridized carbons (Fsp3) is 0.400. The minimum atomic E-state index is 0.652. The summed E-state index contributed by atoms with van der Waals surface area (Å²) in [6, 6.07) is 11.2. The quantitative estimate of drug-likeness (QED) is 0.841. The Balaban J connectivity index is 1.81. The topological polar surface area (TPSA) is 24.9 Å².